The van der Waals surface area contributed by atoms with Gasteiger partial charge in [0.2, 0.25) is 5.91 Å². The Balaban J connectivity index is 2.62. The second kappa shape index (κ2) is 6.25. The number of aromatic hydroxyl groups is 1. The van der Waals surface area contributed by atoms with E-state index in [0.29, 0.717) is 5.69 Å². The second-order valence-electron chi connectivity index (χ2n) is 3.93. The van der Waals surface area contributed by atoms with Crippen molar-refractivity contribution in [2.45, 2.75) is 26.8 Å². The zero-order chi connectivity index (χ0) is 12.8. The van der Waals surface area contributed by atoms with Gasteiger partial charge in [0.15, 0.2) is 0 Å². The quantitative estimate of drug-likeness (QED) is 0.769. The number of carbonyl (C=O) groups is 1. The molecule has 1 aromatic carbocycles. The maximum Gasteiger partial charge on any atom is 0.241 e. The van der Waals surface area contributed by atoms with Crippen molar-refractivity contribution < 1.29 is 9.90 Å². The lowest BCUT2D eigenvalue weighted by atomic mass is 10.2. The monoisotopic (exact) mass is 236 g/mol. The van der Waals surface area contributed by atoms with Crippen LogP contribution in [0.5, 0.6) is 5.75 Å². The maximum atomic E-state index is 11.9. The van der Waals surface area contributed by atoms with E-state index in [2.05, 4.69) is 10.2 Å². The summed E-state index contributed by atoms with van der Waals surface area (Å²) in [6, 6.07) is 6.32. The average molecular weight is 236 g/mol. The van der Waals surface area contributed by atoms with E-state index in [1.54, 1.807) is 24.3 Å². The summed E-state index contributed by atoms with van der Waals surface area (Å²) in [6.45, 7) is 7.66. The minimum atomic E-state index is -0.154. The van der Waals surface area contributed by atoms with E-state index in [1.165, 1.54) is 0 Å². The van der Waals surface area contributed by atoms with Crippen LogP contribution in [0.1, 0.15) is 20.8 Å². The van der Waals surface area contributed by atoms with E-state index in [9.17, 15) is 4.79 Å². The summed E-state index contributed by atoms with van der Waals surface area (Å²) in [5.41, 5.74) is 0.701. The summed E-state index contributed by atoms with van der Waals surface area (Å²) < 4.78 is 0. The van der Waals surface area contributed by atoms with Gasteiger partial charge in [-0.25, -0.2) is 0 Å². The highest BCUT2D eigenvalue weighted by Gasteiger charge is 2.18. The zero-order valence-electron chi connectivity index (χ0n) is 10.6. The Labute approximate surface area is 102 Å². The summed E-state index contributed by atoms with van der Waals surface area (Å²) >= 11 is 0. The molecule has 1 aromatic rings. The summed E-state index contributed by atoms with van der Waals surface area (Å²) in [6.07, 6.45) is 0. The van der Waals surface area contributed by atoms with Crippen LogP contribution in [0.4, 0.5) is 5.69 Å². The molecule has 0 aliphatic rings. The molecule has 0 saturated carbocycles. The normalized spacial score (nSPS) is 12.5. The highest BCUT2D eigenvalue weighted by Crippen LogP contribution is 2.14. The minimum Gasteiger partial charge on any atom is -0.508 e. The number of amides is 1. The fourth-order valence-corrected chi connectivity index (χ4v) is 1.73. The molecule has 0 saturated heterocycles. The Bertz CT molecular complexity index is 358. The lowest BCUT2D eigenvalue weighted by Gasteiger charge is -2.25. The first-order valence-electron chi connectivity index (χ1n) is 5.92. The number of rotatable bonds is 5. The predicted molar refractivity (Wildman–Crippen MR) is 69.1 cm³/mol. The lowest BCUT2D eigenvalue weighted by molar-refractivity contribution is -0.120. The molecule has 0 heterocycles. The molecule has 2 N–H and O–H groups in total. The van der Waals surface area contributed by atoms with E-state index >= 15 is 0 Å². The average Bonchev–Trinajstić information content (AvgIpc) is 2.33. The van der Waals surface area contributed by atoms with Crippen molar-refractivity contribution in [3.63, 3.8) is 0 Å². The van der Waals surface area contributed by atoms with Gasteiger partial charge in [0.25, 0.3) is 0 Å². The van der Waals surface area contributed by atoms with Gasteiger partial charge < -0.3 is 10.4 Å². The van der Waals surface area contributed by atoms with Crippen LogP contribution in [-0.4, -0.2) is 35.0 Å². The van der Waals surface area contributed by atoms with Gasteiger partial charge in [0.05, 0.1) is 6.04 Å². The first-order valence-corrected chi connectivity index (χ1v) is 5.92. The molecule has 4 nitrogen and oxygen atoms in total. The van der Waals surface area contributed by atoms with E-state index in [-0.39, 0.29) is 17.7 Å². The van der Waals surface area contributed by atoms with Crippen LogP contribution in [0.3, 0.4) is 0 Å². The van der Waals surface area contributed by atoms with E-state index in [1.807, 2.05) is 20.8 Å². The van der Waals surface area contributed by atoms with Gasteiger partial charge >= 0.3 is 0 Å². The summed E-state index contributed by atoms with van der Waals surface area (Å²) in [4.78, 5) is 14.0. The second-order valence-corrected chi connectivity index (χ2v) is 3.93. The molecule has 94 valence electrons. The van der Waals surface area contributed by atoms with Crippen molar-refractivity contribution in [2.75, 3.05) is 18.4 Å². The molecule has 1 atom stereocenters. The number of nitrogens with one attached hydrogen (secondary N) is 1. The SMILES string of the molecule is CCN(CC)[C@@H](C)C(=O)Nc1ccc(O)cc1. The van der Waals surface area contributed by atoms with Crippen LogP contribution in [0.25, 0.3) is 0 Å². The van der Waals surface area contributed by atoms with E-state index in [0.717, 1.165) is 13.1 Å². The van der Waals surface area contributed by atoms with Crippen LogP contribution in [0.2, 0.25) is 0 Å². The Morgan fingerprint density at radius 3 is 2.29 bits per heavy atom. The molecule has 0 aromatic heterocycles. The fourth-order valence-electron chi connectivity index (χ4n) is 1.73. The van der Waals surface area contributed by atoms with Gasteiger partial charge in [-0.05, 0) is 44.3 Å². The van der Waals surface area contributed by atoms with Crippen LogP contribution >= 0.6 is 0 Å². The predicted octanol–water partition coefficient (Wildman–Crippen LogP) is 2.06. The van der Waals surface area contributed by atoms with E-state index in [4.69, 9.17) is 5.11 Å². The van der Waals surface area contributed by atoms with Gasteiger partial charge in [-0.1, -0.05) is 13.8 Å². The first-order chi connectivity index (χ1) is 8.08. The van der Waals surface area contributed by atoms with Crippen molar-refractivity contribution in [1.82, 2.24) is 4.90 Å². The summed E-state index contributed by atoms with van der Waals surface area (Å²) in [5.74, 6) is 0.166. The molecule has 1 amide bonds. The third-order valence-corrected chi connectivity index (χ3v) is 2.87. The highest BCUT2D eigenvalue weighted by molar-refractivity contribution is 5.94. The fraction of sp³-hybridized carbons (Fsp3) is 0.462. The number of likely N-dealkylation sites (N-methyl/N-ethyl adjacent to an activating group) is 1. The van der Waals surface area contributed by atoms with Gasteiger partial charge in [0, 0.05) is 5.69 Å². The Kier molecular flexibility index (Phi) is 4.97. The Morgan fingerprint density at radius 2 is 1.82 bits per heavy atom. The van der Waals surface area contributed by atoms with Crippen LogP contribution in [-0.2, 0) is 4.79 Å². The summed E-state index contributed by atoms with van der Waals surface area (Å²) in [5, 5.41) is 12.0. The third kappa shape index (κ3) is 3.75. The largest absolute Gasteiger partial charge is 0.508 e. The molecule has 0 radical (unpaired) electrons. The molecule has 0 unspecified atom stereocenters. The molecular weight excluding hydrogens is 216 g/mol. The molecular formula is C13H20N2O2. The maximum absolute atomic E-state index is 11.9. The standard InChI is InChI=1S/C13H20N2O2/c1-4-15(5-2)10(3)13(17)14-11-6-8-12(16)9-7-11/h6-10,16H,4-5H2,1-3H3,(H,14,17)/t10-/m0/s1. The first kappa shape index (κ1) is 13.5. The molecule has 4 heteroatoms. The number of hydrogen-bond donors (Lipinski definition) is 2. The van der Waals surface area contributed by atoms with Crippen LogP contribution in [0, 0.1) is 0 Å². The van der Waals surface area contributed by atoms with Gasteiger partial charge in [0.1, 0.15) is 5.75 Å². The minimum absolute atomic E-state index is 0.0283. The molecule has 0 aliphatic carbocycles. The molecule has 0 aliphatic heterocycles. The van der Waals surface area contributed by atoms with Gasteiger partial charge in [-0.3, -0.25) is 9.69 Å². The number of benzene rings is 1. The number of phenols is 1. The molecule has 0 fully saturated rings. The van der Waals surface area contributed by atoms with Crippen LogP contribution in [0.15, 0.2) is 24.3 Å². The number of phenolic OH excluding ortho intramolecular Hbond substituents is 1. The zero-order valence-corrected chi connectivity index (χ0v) is 10.6. The van der Waals surface area contributed by atoms with Crippen molar-refractivity contribution >= 4 is 11.6 Å². The Hall–Kier alpha value is -1.55. The van der Waals surface area contributed by atoms with Gasteiger partial charge in [-0.2, -0.15) is 0 Å². The van der Waals surface area contributed by atoms with E-state index < -0.39 is 0 Å². The topological polar surface area (TPSA) is 52.6 Å². The number of nitrogens with zero attached hydrogens (tertiary/aromatic N) is 1. The van der Waals surface area contributed by atoms with Crippen molar-refractivity contribution in [3.05, 3.63) is 24.3 Å². The third-order valence-electron chi connectivity index (χ3n) is 2.87. The summed E-state index contributed by atoms with van der Waals surface area (Å²) in [7, 11) is 0. The highest BCUT2D eigenvalue weighted by atomic mass is 16.3. The van der Waals surface area contributed by atoms with Gasteiger partial charge in [-0.15, -0.1) is 0 Å². The molecule has 1 rings (SSSR count). The van der Waals surface area contributed by atoms with Crippen molar-refractivity contribution in [1.29, 1.82) is 0 Å². The lowest BCUT2D eigenvalue weighted by Crippen LogP contribution is -2.41. The van der Waals surface area contributed by atoms with Crippen molar-refractivity contribution in [3.8, 4) is 5.75 Å². The number of carbonyl (C=O) groups excluding carboxylic acids is 1. The van der Waals surface area contributed by atoms with Crippen molar-refractivity contribution in [2.24, 2.45) is 0 Å². The Morgan fingerprint density at radius 1 is 1.29 bits per heavy atom. The molecule has 17 heavy (non-hydrogen) atoms. The number of anilines is 1. The smallest absolute Gasteiger partial charge is 0.241 e. The molecule has 0 spiro atoms. The number of hydrogen-bond acceptors (Lipinski definition) is 3. The van der Waals surface area contributed by atoms with Crippen LogP contribution < -0.4 is 5.32 Å². The molecule has 0 bridgehead atoms.